The molecule has 2 aliphatic rings. The van der Waals surface area contributed by atoms with E-state index in [1.165, 1.54) is 77.2 Å². The van der Waals surface area contributed by atoms with Gasteiger partial charge < -0.3 is 14.2 Å². The molecule has 3 nitrogen and oxygen atoms in total. The fourth-order valence-electron chi connectivity index (χ4n) is 12.7. The zero-order chi connectivity index (χ0) is 51.5. The Labute approximate surface area is 449 Å². The molecule has 3 heteroatoms. The van der Waals surface area contributed by atoms with Gasteiger partial charge in [-0.3, -0.25) is 0 Å². The first-order chi connectivity index (χ1) is 38.0. The number of benzene rings is 12. The summed E-state index contributed by atoms with van der Waals surface area (Å²) in [5, 5.41) is 9.38. The number of fused-ring (bicyclic) bond motifs is 10. The van der Waals surface area contributed by atoms with Crippen molar-refractivity contribution in [1.82, 2.24) is 0 Å². The predicted octanol–water partition coefficient (Wildman–Crippen LogP) is 17.6. The van der Waals surface area contributed by atoms with E-state index in [4.69, 9.17) is 14.2 Å². The van der Waals surface area contributed by atoms with Crippen molar-refractivity contribution in [3.8, 4) is 68.9 Å². The number of ether oxygens (including phenoxy) is 3. The first kappa shape index (κ1) is 45.8. The second-order valence-corrected chi connectivity index (χ2v) is 20.1. The van der Waals surface area contributed by atoms with E-state index in [2.05, 4.69) is 254 Å². The molecule has 0 heterocycles. The lowest BCUT2D eigenvalue weighted by atomic mass is 9.67. The number of rotatable bonds is 10. The molecule has 0 fully saturated rings. The van der Waals surface area contributed by atoms with Crippen molar-refractivity contribution in [1.29, 1.82) is 0 Å². The Morgan fingerprint density at radius 1 is 0.286 bits per heavy atom. The molecule has 2 aliphatic carbocycles. The highest BCUT2D eigenvalue weighted by Crippen LogP contribution is 2.59. The van der Waals surface area contributed by atoms with Crippen LogP contribution in [0.3, 0.4) is 0 Å². The van der Waals surface area contributed by atoms with E-state index in [0.717, 1.165) is 55.7 Å². The molecule has 0 spiro atoms. The SMILES string of the molecule is CC#CCOc1ccc2cc(C3(c4ccc(Oc5ccc(C6(c7ccc8cc(OCC#CC)ccc8c7)c7ccccc7-c7cc8ccccc8cc76)cc5)cc4)c4ccccc4-c4cc5ccccc5cc43)ccc2c1. The van der Waals surface area contributed by atoms with Crippen LogP contribution in [0, 0.1) is 23.7 Å². The zero-order valence-corrected chi connectivity index (χ0v) is 42.7. The van der Waals surface area contributed by atoms with Crippen LogP contribution in [0.25, 0.3) is 65.3 Å². The first-order valence-electron chi connectivity index (χ1n) is 26.3. The summed E-state index contributed by atoms with van der Waals surface area (Å²) in [4.78, 5) is 0. The summed E-state index contributed by atoms with van der Waals surface area (Å²) < 4.78 is 18.8. The van der Waals surface area contributed by atoms with E-state index in [0.29, 0.717) is 13.2 Å². The lowest BCUT2D eigenvalue weighted by Gasteiger charge is -2.34. The quantitative estimate of drug-likeness (QED) is 0.128. The van der Waals surface area contributed by atoms with Gasteiger partial charge in [0.05, 0.1) is 10.8 Å². The monoisotopic (exact) mass is 986 g/mol. The second kappa shape index (κ2) is 18.5. The Balaban J connectivity index is 0.868. The number of hydrogen-bond acceptors (Lipinski definition) is 3. The molecule has 0 saturated heterocycles. The van der Waals surface area contributed by atoms with E-state index in [9.17, 15) is 0 Å². The molecule has 14 rings (SSSR count). The van der Waals surface area contributed by atoms with Gasteiger partial charge in [-0.25, -0.2) is 0 Å². The first-order valence-corrected chi connectivity index (χ1v) is 26.3. The number of hydrogen-bond donors (Lipinski definition) is 0. The summed E-state index contributed by atoms with van der Waals surface area (Å²) >= 11 is 0. The fraction of sp³-hybridized carbons (Fsp3) is 0.0811. The van der Waals surface area contributed by atoms with Crippen molar-refractivity contribution in [3.05, 3.63) is 287 Å². The molecule has 364 valence electrons. The lowest BCUT2D eigenvalue weighted by molar-refractivity contribution is 0.370. The van der Waals surface area contributed by atoms with Crippen LogP contribution in [0.15, 0.2) is 243 Å². The molecule has 12 aromatic rings. The van der Waals surface area contributed by atoms with Gasteiger partial charge in [0.15, 0.2) is 0 Å². The van der Waals surface area contributed by atoms with Gasteiger partial charge in [-0.15, -0.1) is 11.8 Å². The zero-order valence-electron chi connectivity index (χ0n) is 42.7. The van der Waals surface area contributed by atoms with Gasteiger partial charge in [0, 0.05) is 0 Å². The smallest absolute Gasteiger partial charge is 0.149 e. The molecule has 77 heavy (non-hydrogen) atoms. The largest absolute Gasteiger partial charge is 0.481 e. The average molecular weight is 987 g/mol. The van der Waals surface area contributed by atoms with Gasteiger partial charge in [0.2, 0.25) is 0 Å². The minimum atomic E-state index is -0.619. The van der Waals surface area contributed by atoms with Crippen LogP contribution in [-0.2, 0) is 10.8 Å². The van der Waals surface area contributed by atoms with Crippen molar-refractivity contribution in [2.75, 3.05) is 13.2 Å². The van der Waals surface area contributed by atoms with E-state index in [-0.39, 0.29) is 0 Å². The van der Waals surface area contributed by atoms with Crippen LogP contribution in [0.4, 0.5) is 0 Å². The Morgan fingerprint density at radius 2 is 0.623 bits per heavy atom. The maximum atomic E-state index is 6.85. The van der Waals surface area contributed by atoms with Crippen LogP contribution in [0.5, 0.6) is 23.0 Å². The van der Waals surface area contributed by atoms with Crippen LogP contribution in [0.2, 0.25) is 0 Å². The standard InChI is InChI=1S/C74H50O3/c1-3-5-39-75-63-33-25-53-41-59(27-23-55(53)43-63)73(69-21-13-11-19-65(69)67-45-49-15-7-9-17-51(49)47-71(67)73)57-29-35-61(36-30-57)77-62-37-31-58(32-38-62)74(60-28-24-56-44-64(76-40-6-4-2)34-26-54(56)42-60)70-22-14-12-20-66(70)68-46-50-16-8-10-18-52(50)48-72(68)74/h7-38,41-48H,39-40H2,1-2H3. The van der Waals surface area contributed by atoms with Crippen LogP contribution in [-0.4, -0.2) is 13.2 Å². The van der Waals surface area contributed by atoms with Gasteiger partial charge in [-0.05, 0) is 209 Å². The third-order valence-corrected chi connectivity index (χ3v) is 16.1. The fourth-order valence-corrected chi connectivity index (χ4v) is 12.7. The molecule has 0 amide bonds. The maximum absolute atomic E-state index is 6.85. The van der Waals surface area contributed by atoms with Gasteiger partial charge in [0.1, 0.15) is 36.2 Å². The van der Waals surface area contributed by atoms with Crippen molar-refractivity contribution in [2.45, 2.75) is 24.7 Å². The molecule has 12 aromatic carbocycles. The average Bonchev–Trinajstić information content (AvgIpc) is 4.11. The van der Waals surface area contributed by atoms with Crippen molar-refractivity contribution < 1.29 is 14.2 Å². The molecule has 0 bridgehead atoms. The van der Waals surface area contributed by atoms with Crippen molar-refractivity contribution in [2.24, 2.45) is 0 Å². The molecular formula is C74H50O3. The normalized spacial score (nSPS) is 15.7. The summed E-state index contributed by atoms with van der Waals surface area (Å²) in [7, 11) is 0. The third kappa shape index (κ3) is 7.39. The summed E-state index contributed by atoms with van der Waals surface area (Å²) in [6, 6.07) is 88.9. The minimum absolute atomic E-state index is 0.360. The summed E-state index contributed by atoms with van der Waals surface area (Å²) in [6.07, 6.45) is 0. The Morgan fingerprint density at radius 3 is 1.05 bits per heavy atom. The van der Waals surface area contributed by atoms with Gasteiger partial charge in [0.25, 0.3) is 0 Å². The molecule has 0 aliphatic heterocycles. The van der Waals surface area contributed by atoms with Gasteiger partial charge in [-0.1, -0.05) is 170 Å². The van der Waals surface area contributed by atoms with Crippen LogP contribution >= 0.6 is 0 Å². The Hall–Kier alpha value is -9.80. The highest BCUT2D eigenvalue weighted by atomic mass is 16.5. The molecular weight excluding hydrogens is 937 g/mol. The minimum Gasteiger partial charge on any atom is -0.481 e. The second-order valence-electron chi connectivity index (χ2n) is 20.1. The van der Waals surface area contributed by atoms with Gasteiger partial charge in [-0.2, -0.15) is 0 Å². The molecule has 0 saturated carbocycles. The maximum Gasteiger partial charge on any atom is 0.149 e. The van der Waals surface area contributed by atoms with E-state index < -0.39 is 10.8 Å². The van der Waals surface area contributed by atoms with Crippen molar-refractivity contribution in [3.63, 3.8) is 0 Å². The van der Waals surface area contributed by atoms with Crippen molar-refractivity contribution >= 4 is 43.1 Å². The summed E-state index contributed by atoms with van der Waals surface area (Å²) in [6.45, 7) is 4.38. The van der Waals surface area contributed by atoms with Crippen LogP contribution < -0.4 is 14.2 Å². The van der Waals surface area contributed by atoms with Gasteiger partial charge >= 0.3 is 0 Å². The molecule has 0 N–H and O–H groups in total. The Kier molecular flexibility index (Phi) is 11.0. The topological polar surface area (TPSA) is 27.7 Å². The van der Waals surface area contributed by atoms with Crippen LogP contribution in [0.1, 0.15) is 58.4 Å². The lowest BCUT2D eigenvalue weighted by Crippen LogP contribution is -2.28. The summed E-state index contributed by atoms with van der Waals surface area (Å²) in [5.41, 5.74) is 13.5. The highest BCUT2D eigenvalue weighted by molar-refractivity contribution is 5.99. The highest BCUT2D eigenvalue weighted by Gasteiger charge is 2.48. The van der Waals surface area contributed by atoms with E-state index >= 15 is 0 Å². The van der Waals surface area contributed by atoms with E-state index in [1.807, 2.05) is 26.0 Å². The third-order valence-electron chi connectivity index (χ3n) is 16.1. The summed E-state index contributed by atoms with van der Waals surface area (Å²) in [5.74, 6) is 15.0. The molecule has 0 aromatic heterocycles. The molecule has 0 radical (unpaired) electrons. The molecule has 2 atom stereocenters. The predicted molar refractivity (Wildman–Crippen MR) is 315 cm³/mol. The Bertz CT molecular complexity index is 4180. The van der Waals surface area contributed by atoms with E-state index in [1.54, 1.807) is 0 Å². The molecule has 2 unspecified atom stereocenters.